The summed E-state index contributed by atoms with van der Waals surface area (Å²) in [6, 6.07) is 12.6. The molecule has 8 heteroatoms. The van der Waals surface area contributed by atoms with Crippen LogP contribution in [0.4, 0.5) is 8.78 Å². The van der Waals surface area contributed by atoms with E-state index in [1.165, 1.54) is 30.6 Å². The molecule has 1 atom stereocenters. The van der Waals surface area contributed by atoms with Crippen LogP contribution in [0.3, 0.4) is 0 Å². The maximum Gasteiger partial charge on any atom is 0.216 e. The fourth-order valence-electron chi connectivity index (χ4n) is 2.50. The Morgan fingerprint density at radius 1 is 1.04 bits per heavy atom. The van der Waals surface area contributed by atoms with Crippen molar-refractivity contribution >= 4 is 20.3 Å². The molecular weight excluding hydrogens is 360 g/mol. The van der Waals surface area contributed by atoms with E-state index in [1.54, 1.807) is 35.2 Å². The Hall–Kier alpha value is -2.19. The molecule has 4 nitrogen and oxygen atoms in total. The van der Waals surface area contributed by atoms with E-state index in [2.05, 4.69) is 10.1 Å². The molecule has 0 fully saturated rings. The first-order valence-electron chi connectivity index (χ1n) is 7.50. The van der Waals surface area contributed by atoms with Crippen molar-refractivity contribution in [2.75, 3.05) is 6.26 Å². The van der Waals surface area contributed by atoms with Crippen molar-refractivity contribution in [2.45, 2.75) is 16.9 Å². The molecule has 1 aromatic heterocycles. The van der Waals surface area contributed by atoms with Crippen LogP contribution in [0.25, 0.3) is 0 Å². The molecule has 0 bridgehead atoms. The molecule has 0 amide bonds. The van der Waals surface area contributed by atoms with Crippen LogP contribution in [0.15, 0.2) is 60.0 Å². The van der Waals surface area contributed by atoms with E-state index in [-0.39, 0.29) is 17.2 Å². The second-order valence-corrected chi connectivity index (χ2v) is 7.97. The number of benzene rings is 2. The highest BCUT2D eigenvalue weighted by Crippen LogP contribution is 2.24. The van der Waals surface area contributed by atoms with Crippen molar-refractivity contribution in [3.05, 3.63) is 77.6 Å². The lowest BCUT2D eigenvalue weighted by Crippen LogP contribution is -2.19. The van der Waals surface area contributed by atoms with Crippen LogP contribution in [-0.2, 0) is 17.0 Å². The van der Waals surface area contributed by atoms with Gasteiger partial charge in [-0.05, 0) is 35.4 Å². The lowest BCUT2D eigenvalue weighted by atomic mass is 10.0. The lowest BCUT2D eigenvalue weighted by Gasteiger charge is -2.18. The third-order valence-electron chi connectivity index (χ3n) is 3.69. The first-order chi connectivity index (χ1) is 12.0. The molecule has 128 valence electrons. The summed E-state index contributed by atoms with van der Waals surface area (Å²) >= 11 is 0. The summed E-state index contributed by atoms with van der Waals surface area (Å²) < 4.78 is 39.8. The maximum atomic E-state index is 13.3. The highest BCUT2D eigenvalue weighted by atomic mass is 32.2. The van der Waals surface area contributed by atoms with Crippen molar-refractivity contribution in [1.82, 2.24) is 14.8 Å². The van der Waals surface area contributed by atoms with Crippen molar-refractivity contribution in [3.63, 3.8) is 0 Å². The smallest absolute Gasteiger partial charge is 0.216 e. The van der Waals surface area contributed by atoms with Crippen molar-refractivity contribution < 1.29 is 13.0 Å². The molecule has 0 saturated heterocycles. The summed E-state index contributed by atoms with van der Waals surface area (Å²) in [5.41, 5.74) is 1.83. The molecule has 0 aliphatic carbocycles. The molecule has 1 unspecified atom stereocenters. The summed E-state index contributed by atoms with van der Waals surface area (Å²) in [6.07, 6.45) is 3.46. The zero-order valence-electron chi connectivity index (χ0n) is 13.4. The third kappa shape index (κ3) is 4.26. The van der Waals surface area contributed by atoms with Gasteiger partial charge >= 0.3 is 0 Å². The summed E-state index contributed by atoms with van der Waals surface area (Å²) in [4.78, 5) is 4.02. The van der Waals surface area contributed by atoms with Gasteiger partial charge in [0.1, 0.15) is 18.0 Å². The van der Waals surface area contributed by atoms with Gasteiger partial charge in [0, 0.05) is 18.0 Å². The average molecular weight is 375 g/mol. The molecule has 3 aromatic rings. The van der Waals surface area contributed by atoms with Crippen LogP contribution < -0.4 is 0 Å². The normalized spacial score (nSPS) is 12.5. The van der Waals surface area contributed by atoms with Crippen LogP contribution in [0, 0.1) is 11.6 Å². The first-order valence-corrected chi connectivity index (χ1v) is 10.3. The van der Waals surface area contributed by atoms with Gasteiger partial charge in [-0.2, -0.15) is 5.10 Å². The highest BCUT2D eigenvalue weighted by molar-refractivity contribution is 7.84. The fraction of sp³-hybridized carbons (Fsp3) is 0.176. The predicted molar refractivity (Wildman–Crippen MR) is 92.8 cm³/mol. The van der Waals surface area contributed by atoms with Crippen molar-refractivity contribution in [2.24, 2.45) is 0 Å². The number of hydrogen-bond acceptors (Lipinski definition) is 3. The maximum absolute atomic E-state index is 13.3. The molecule has 0 N–H and O–H groups in total. The zero-order valence-corrected chi connectivity index (χ0v) is 15.2. The SMILES string of the molecule is CS(=O)c1ncnn1C[Si]C(c1ccc(F)cc1)c1ccc(F)cc1. The number of rotatable bonds is 6. The molecular formula is C17H15F2N3OSSi. The monoisotopic (exact) mass is 375 g/mol. The Morgan fingerprint density at radius 2 is 1.56 bits per heavy atom. The topological polar surface area (TPSA) is 47.8 Å². The Labute approximate surface area is 149 Å². The van der Waals surface area contributed by atoms with Crippen molar-refractivity contribution in [3.8, 4) is 0 Å². The molecule has 25 heavy (non-hydrogen) atoms. The van der Waals surface area contributed by atoms with Gasteiger partial charge in [-0.15, -0.1) is 0 Å². The standard InChI is InChI=1S/C17H15F2N3OSSi/c1-24(23)17-20-10-21-22(17)11-25-16(12-2-6-14(18)7-3-12)13-4-8-15(19)9-5-13/h2-10,16H,11H2,1H3. The number of aromatic nitrogens is 3. The van der Waals surface area contributed by atoms with Gasteiger partial charge in [0.05, 0.1) is 20.3 Å². The van der Waals surface area contributed by atoms with E-state index >= 15 is 0 Å². The molecule has 0 aliphatic heterocycles. The summed E-state index contributed by atoms with van der Waals surface area (Å²) in [7, 11) is -0.888. The summed E-state index contributed by atoms with van der Waals surface area (Å²) in [6.45, 7) is 0. The molecule has 2 radical (unpaired) electrons. The molecule has 3 rings (SSSR count). The van der Waals surface area contributed by atoms with Crippen LogP contribution in [0.1, 0.15) is 16.7 Å². The number of nitrogens with zero attached hydrogens (tertiary/aromatic N) is 3. The van der Waals surface area contributed by atoms with Gasteiger partial charge in [-0.3, -0.25) is 4.21 Å². The van der Waals surface area contributed by atoms with Crippen LogP contribution >= 0.6 is 0 Å². The molecule has 1 heterocycles. The Bertz CT molecular complexity index is 823. The van der Waals surface area contributed by atoms with E-state index in [0.717, 1.165) is 11.1 Å². The third-order valence-corrected chi connectivity index (χ3v) is 6.08. The zero-order chi connectivity index (χ0) is 17.8. The molecule has 0 saturated carbocycles. The number of halogens is 2. The minimum absolute atomic E-state index is 0.0384. The van der Waals surface area contributed by atoms with Gasteiger partial charge in [0.15, 0.2) is 0 Å². The van der Waals surface area contributed by atoms with Gasteiger partial charge < -0.3 is 0 Å². The van der Waals surface area contributed by atoms with E-state index in [0.29, 0.717) is 20.8 Å². The summed E-state index contributed by atoms with van der Waals surface area (Å²) in [5, 5.41) is 4.55. The van der Waals surface area contributed by atoms with Crippen LogP contribution in [-0.4, -0.2) is 34.7 Å². The van der Waals surface area contributed by atoms with Crippen LogP contribution in [0.5, 0.6) is 0 Å². The Balaban J connectivity index is 1.88. The van der Waals surface area contributed by atoms with E-state index < -0.39 is 10.8 Å². The largest absolute Gasteiger partial charge is 0.251 e. The quantitative estimate of drug-likeness (QED) is 0.623. The fourth-order valence-corrected chi connectivity index (χ4v) is 4.66. The molecule has 0 spiro atoms. The van der Waals surface area contributed by atoms with E-state index in [4.69, 9.17) is 0 Å². The second-order valence-electron chi connectivity index (χ2n) is 5.39. The van der Waals surface area contributed by atoms with E-state index in [1.807, 2.05) is 0 Å². The minimum atomic E-state index is -1.22. The number of hydrogen-bond donors (Lipinski definition) is 0. The van der Waals surface area contributed by atoms with Gasteiger partial charge in [0.25, 0.3) is 0 Å². The summed E-state index contributed by atoms with van der Waals surface area (Å²) in [5.74, 6) is -0.602. The molecule has 2 aromatic carbocycles. The Kier molecular flexibility index (Phi) is 5.49. The predicted octanol–water partition coefficient (Wildman–Crippen LogP) is 2.75. The van der Waals surface area contributed by atoms with Gasteiger partial charge in [-0.25, -0.2) is 18.4 Å². The average Bonchev–Trinajstić information content (AvgIpc) is 3.07. The Morgan fingerprint density at radius 3 is 2.04 bits per heavy atom. The van der Waals surface area contributed by atoms with Gasteiger partial charge in [-0.1, -0.05) is 24.3 Å². The lowest BCUT2D eigenvalue weighted by molar-refractivity contribution is 0.624. The first kappa shape index (κ1) is 17.6. The molecule has 0 aliphatic rings. The second kappa shape index (κ2) is 7.79. The van der Waals surface area contributed by atoms with Crippen molar-refractivity contribution in [1.29, 1.82) is 0 Å². The highest BCUT2D eigenvalue weighted by Gasteiger charge is 2.18. The van der Waals surface area contributed by atoms with E-state index in [9.17, 15) is 13.0 Å². The van der Waals surface area contributed by atoms with Crippen LogP contribution in [0.2, 0.25) is 0 Å². The van der Waals surface area contributed by atoms with Gasteiger partial charge in [0.2, 0.25) is 5.16 Å². The minimum Gasteiger partial charge on any atom is -0.251 e.